The Labute approximate surface area is 101 Å². The molecule has 0 unspecified atom stereocenters. The van der Waals surface area contributed by atoms with Gasteiger partial charge in [0.1, 0.15) is 0 Å². The molecule has 0 fully saturated rings. The first-order chi connectivity index (χ1) is 2.00. The van der Waals surface area contributed by atoms with Gasteiger partial charge in [-0.1, -0.05) is 0 Å². The van der Waals surface area contributed by atoms with Crippen LogP contribution in [0.25, 0.3) is 0 Å². The number of hydrogen-bond donors (Lipinski definition) is 1. The summed E-state index contributed by atoms with van der Waals surface area (Å²) < 4.78 is 18.4. The number of hydrogen-bond acceptors (Lipinski definition) is 2. The second kappa shape index (κ2) is 4.16. The van der Waals surface area contributed by atoms with E-state index in [0.717, 1.165) is 0 Å². The van der Waals surface area contributed by atoms with Crippen LogP contribution >= 0.6 is 10.7 Å². The van der Waals surface area contributed by atoms with E-state index in [0.29, 0.717) is 0 Å². The largest absolute Gasteiger partial charge is 1.00 e. The molecule has 6 heavy (non-hydrogen) atoms. The van der Waals surface area contributed by atoms with Crippen molar-refractivity contribution in [2.75, 3.05) is 0 Å². The smallest absolute Gasteiger partial charge is 1.00 e. The summed E-state index contributed by atoms with van der Waals surface area (Å²) >= 11 is 0. The van der Waals surface area contributed by atoms with E-state index in [9.17, 15) is 8.42 Å². The molecular formula is H3ClCsNO2S. The summed E-state index contributed by atoms with van der Waals surface area (Å²) in [5.74, 6) is 0. The fourth-order valence-electron chi connectivity index (χ4n) is 0. The van der Waals surface area contributed by atoms with Gasteiger partial charge in [-0.25, -0.2) is 5.14 Å². The molecule has 0 radical (unpaired) electrons. The van der Waals surface area contributed by atoms with Crippen LogP contribution in [-0.2, 0) is 9.24 Å². The van der Waals surface area contributed by atoms with E-state index in [1.165, 1.54) is 0 Å². The number of halogens is 1. The van der Waals surface area contributed by atoms with E-state index in [1.807, 2.05) is 0 Å². The molecule has 0 aromatic heterocycles. The predicted molar refractivity (Wildman–Crippen MR) is 20.1 cm³/mol. The van der Waals surface area contributed by atoms with Gasteiger partial charge in [-0.05, 0) is 0 Å². The summed E-state index contributed by atoms with van der Waals surface area (Å²) in [6, 6.07) is 0. The van der Waals surface area contributed by atoms with Gasteiger partial charge in [0.15, 0.2) is 0 Å². The predicted octanol–water partition coefficient (Wildman–Crippen LogP) is -3.45. The Bertz CT molecular complexity index is 101. The molecule has 0 rings (SSSR count). The van der Waals surface area contributed by atoms with Crippen LogP contribution < -0.4 is 74.0 Å². The van der Waals surface area contributed by atoms with Crippen molar-refractivity contribution in [1.82, 2.24) is 0 Å². The van der Waals surface area contributed by atoms with Crippen molar-refractivity contribution in [3.63, 3.8) is 0 Å². The maximum absolute atomic E-state index is 9.18. The van der Waals surface area contributed by atoms with E-state index in [2.05, 4.69) is 15.8 Å². The van der Waals surface area contributed by atoms with Crippen LogP contribution in [0.3, 0.4) is 0 Å². The molecule has 0 spiro atoms. The Balaban J connectivity index is -0.0000000800. The molecule has 0 saturated carbocycles. The first kappa shape index (κ1) is 11.1. The zero-order valence-corrected chi connectivity index (χ0v) is 11.0. The van der Waals surface area contributed by atoms with Crippen molar-refractivity contribution in [3.8, 4) is 0 Å². The SMILES string of the molecule is NS(=O)(=O)Cl.[Cs+].[H-]. The Morgan fingerprint density at radius 3 is 1.67 bits per heavy atom. The molecule has 0 amide bonds. The fourth-order valence-corrected chi connectivity index (χ4v) is 0. The molecular weight excluding hydrogens is 246 g/mol. The molecule has 0 aliphatic rings. The van der Waals surface area contributed by atoms with Gasteiger partial charge in [0.2, 0.25) is 0 Å². The van der Waals surface area contributed by atoms with E-state index in [1.54, 1.807) is 0 Å². The molecule has 0 aliphatic heterocycles. The zero-order valence-electron chi connectivity index (χ0n) is 4.18. The maximum Gasteiger partial charge on any atom is 1.00 e. The fraction of sp³-hybridized carbons (Fsp3) is 0. The summed E-state index contributed by atoms with van der Waals surface area (Å²) in [4.78, 5) is 0. The molecule has 0 saturated heterocycles. The molecule has 0 aliphatic carbocycles. The number of nitrogens with two attached hydrogens (primary N) is 1. The molecule has 34 valence electrons. The summed E-state index contributed by atoms with van der Waals surface area (Å²) in [6.45, 7) is 0. The first-order valence-electron chi connectivity index (χ1n) is 0.723. The van der Waals surface area contributed by atoms with Gasteiger partial charge in [-0.15, -0.1) is 0 Å². The van der Waals surface area contributed by atoms with Crippen molar-refractivity contribution >= 4 is 19.9 Å². The molecule has 3 nitrogen and oxygen atoms in total. The van der Waals surface area contributed by atoms with Gasteiger partial charge >= 0.3 is 68.9 Å². The molecule has 0 atom stereocenters. The van der Waals surface area contributed by atoms with Gasteiger partial charge in [-0.3, -0.25) is 0 Å². The van der Waals surface area contributed by atoms with Crippen molar-refractivity contribution in [3.05, 3.63) is 0 Å². The third kappa shape index (κ3) is 34.0. The van der Waals surface area contributed by atoms with E-state index in [-0.39, 0.29) is 70.3 Å². The molecule has 0 bridgehead atoms. The summed E-state index contributed by atoms with van der Waals surface area (Å²) in [6.07, 6.45) is 0. The van der Waals surface area contributed by atoms with Crippen LogP contribution in [0.4, 0.5) is 0 Å². The average molecular weight is 249 g/mol. The zero-order chi connectivity index (χ0) is 4.50. The molecule has 2 N–H and O–H groups in total. The minimum Gasteiger partial charge on any atom is -1.00 e. The van der Waals surface area contributed by atoms with Crippen molar-refractivity contribution in [1.29, 1.82) is 0 Å². The van der Waals surface area contributed by atoms with Crippen molar-refractivity contribution in [2.24, 2.45) is 5.14 Å². The Hall–Kier alpha value is 2.25. The van der Waals surface area contributed by atoms with Crippen molar-refractivity contribution < 1.29 is 78.7 Å². The van der Waals surface area contributed by atoms with Crippen LogP contribution in [0, 0.1) is 0 Å². The second-order valence-electron chi connectivity index (χ2n) is 0.476. The van der Waals surface area contributed by atoms with Crippen molar-refractivity contribution in [2.45, 2.75) is 0 Å². The van der Waals surface area contributed by atoms with Crippen LogP contribution in [0.5, 0.6) is 0 Å². The standard InChI is InChI=1S/ClH2NO2S.Cs.H/c1-5(2,3)4;;/h(H2,2,3,4);;/q;+1;-1. The van der Waals surface area contributed by atoms with E-state index >= 15 is 0 Å². The van der Waals surface area contributed by atoms with Crippen LogP contribution in [0.2, 0.25) is 0 Å². The summed E-state index contributed by atoms with van der Waals surface area (Å²) in [7, 11) is 0.586. The van der Waals surface area contributed by atoms with Gasteiger partial charge in [0.25, 0.3) is 9.24 Å². The summed E-state index contributed by atoms with van der Waals surface area (Å²) in [5.41, 5.74) is 0. The monoisotopic (exact) mass is 249 g/mol. The minimum atomic E-state index is -3.69. The van der Waals surface area contributed by atoms with Crippen LogP contribution in [0.15, 0.2) is 0 Å². The first-order valence-corrected chi connectivity index (χ1v) is 3.10. The van der Waals surface area contributed by atoms with E-state index < -0.39 is 9.24 Å². The van der Waals surface area contributed by atoms with Gasteiger partial charge in [0, 0.05) is 10.7 Å². The molecule has 0 aromatic rings. The maximum atomic E-state index is 9.18. The molecule has 6 heteroatoms. The Kier molecular flexibility index (Phi) is 7.70. The van der Waals surface area contributed by atoms with E-state index in [4.69, 9.17) is 0 Å². The van der Waals surface area contributed by atoms with Crippen LogP contribution in [0.1, 0.15) is 1.43 Å². The van der Waals surface area contributed by atoms with Gasteiger partial charge in [-0.2, -0.15) is 8.42 Å². The second-order valence-corrected chi connectivity index (χ2v) is 2.72. The third-order valence-electron chi connectivity index (χ3n) is 0. The minimum absolute atomic E-state index is 0. The van der Waals surface area contributed by atoms with Gasteiger partial charge < -0.3 is 1.43 Å². The Morgan fingerprint density at radius 2 is 1.67 bits per heavy atom. The van der Waals surface area contributed by atoms with Gasteiger partial charge in [0.05, 0.1) is 0 Å². The van der Waals surface area contributed by atoms with Crippen LogP contribution in [-0.4, -0.2) is 8.42 Å². The topological polar surface area (TPSA) is 60.2 Å². The molecule has 0 aromatic carbocycles. The normalized spacial score (nSPS) is 9.67. The Morgan fingerprint density at radius 1 is 1.67 bits per heavy atom. The average Bonchev–Trinajstić information content (AvgIpc) is 0.722. The summed E-state index contributed by atoms with van der Waals surface area (Å²) in [5, 5.41) is 4.09. The number of rotatable bonds is 0. The third-order valence-corrected chi connectivity index (χ3v) is 0. The molecule has 0 heterocycles. The quantitative estimate of drug-likeness (QED) is 0.454.